The fourth-order valence-corrected chi connectivity index (χ4v) is 1.83. The Morgan fingerprint density at radius 3 is 2.82 bits per heavy atom. The second kappa shape index (κ2) is 4.95. The van der Waals surface area contributed by atoms with Gasteiger partial charge in [-0.05, 0) is 0 Å². The molecule has 0 amide bonds. The van der Waals surface area contributed by atoms with E-state index < -0.39 is 5.97 Å². The molecule has 2 heterocycles. The van der Waals surface area contributed by atoms with Gasteiger partial charge in [0.25, 0.3) is 0 Å². The smallest absolute Gasteiger partial charge is 0.313 e. The van der Waals surface area contributed by atoms with E-state index in [1.54, 1.807) is 21.8 Å². The second-order valence-corrected chi connectivity index (χ2v) is 4.22. The van der Waals surface area contributed by atoms with E-state index in [1.807, 2.05) is 7.05 Å². The van der Waals surface area contributed by atoms with Gasteiger partial charge >= 0.3 is 5.97 Å². The molecule has 0 aliphatic carbocycles. The van der Waals surface area contributed by atoms with Gasteiger partial charge in [-0.15, -0.1) is 20.4 Å². The van der Waals surface area contributed by atoms with Crippen molar-refractivity contribution in [2.75, 3.05) is 5.75 Å². The van der Waals surface area contributed by atoms with Crippen molar-refractivity contribution in [3.63, 3.8) is 0 Å². The monoisotopic (exact) mass is 254 g/mol. The van der Waals surface area contributed by atoms with Crippen LogP contribution in [0.1, 0.15) is 5.82 Å². The quantitative estimate of drug-likeness (QED) is 0.727. The number of nitrogens with zero attached hydrogens (tertiary/aromatic N) is 6. The van der Waals surface area contributed by atoms with Crippen molar-refractivity contribution in [3.8, 4) is 0 Å². The van der Waals surface area contributed by atoms with Gasteiger partial charge in [-0.2, -0.15) is 0 Å². The number of hydrogen-bond acceptors (Lipinski definition) is 6. The van der Waals surface area contributed by atoms with Gasteiger partial charge in [0.15, 0.2) is 11.0 Å². The van der Waals surface area contributed by atoms with E-state index in [1.165, 1.54) is 0 Å². The molecule has 8 nitrogen and oxygen atoms in total. The molecule has 9 heteroatoms. The van der Waals surface area contributed by atoms with Gasteiger partial charge in [0, 0.05) is 7.05 Å². The minimum Gasteiger partial charge on any atom is -0.481 e. The maximum absolute atomic E-state index is 10.5. The van der Waals surface area contributed by atoms with Gasteiger partial charge in [0.1, 0.15) is 12.7 Å². The van der Waals surface area contributed by atoms with Crippen LogP contribution in [0.4, 0.5) is 0 Å². The normalized spacial score (nSPS) is 10.6. The maximum atomic E-state index is 10.5. The molecule has 0 fully saturated rings. The molecule has 90 valence electrons. The Balaban J connectivity index is 2.09. The highest BCUT2D eigenvalue weighted by molar-refractivity contribution is 7.99. The fourth-order valence-electron chi connectivity index (χ4n) is 1.19. The number of carboxylic acids is 1. The Labute approximate surface area is 101 Å². The SMILES string of the molecule is Cn1cnnc1Cn1cnnc1SCC(=O)O. The lowest BCUT2D eigenvalue weighted by Crippen LogP contribution is -2.07. The van der Waals surface area contributed by atoms with Crippen molar-refractivity contribution in [2.24, 2.45) is 7.05 Å². The summed E-state index contributed by atoms with van der Waals surface area (Å²) < 4.78 is 3.52. The first-order chi connectivity index (χ1) is 8.16. The summed E-state index contributed by atoms with van der Waals surface area (Å²) >= 11 is 1.12. The molecule has 0 bridgehead atoms. The van der Waals surface area contributed by atoms with Gasteiger partial charge in [-0.1, -0.05) is 11.8 Å². The Bertz CT molecular complexity index is 522. The Morgan fingerprint density at radius 1 is 1.41 bits per heavy atom. The minimum absolute atomic E-state index is 0.0441. The van der Waals surface area contributed by atoms with E-state index in [0.717, 1.165) is 17.6 Å². The predicted molar refractivity (Wildman–Crippen MR) is 58.5 cm³/mol. The zero-order valence-corrected chi connectivity index (χ0v) is 9.83. The lowest BCUT2D eigenvalue weighted by atomic mass is 10.6. The molecular weight excluding hydrogens is 244 g/mol. The first kappa shape index (κ1) is 11.6. The first-order valence-electron chi connectivity index (χ1n) is 4.72. The average Bonchev–Trinajstić information content (AvgIpc) is 2.87. The third-order valence-electron chi connectivity index (χ3n) is 2.02. The number of rotatable bonds is 5. The van der Waals surface area contributed by atoms with Gasteiger partial charge in [0.05, 0.1) is 12.3 Å². The summed E-state index contributed by atoms with van der Waals surface area (Å²) in [4.78, 5) is 10.5. The van der Waals surface area contributed by atoms with E-state index in [4.69, 9.17) is 5.11 Å². The van der Waals surface area contributed by atoms with E-state index in [-0.39, 0.29) is 5.75 Å². The molecular formula is C8H10N6O2S. The van der Waals surface area contributed by atoms with E-state index >= 15 is 0 Å². The van der Waals surface area contributed by atoms with Crippen LogP contribution in [0.3, 0.4) is 0 Å². The lowest BCUT2D eigenvalue weighted by Gasteiger charge is -2.04. The highest BCUT2D eigenvalue weighted by Crippen LogP contribution is 2.15. The summed E-state index contributed by atoms with van der Waals surface area (Å²) in [5, 5.41) is 24.5. The first-order valence-corrected chi connectivity index (χ1v) is 5.70. The van der Waals surface area contributed by atoms with E-state index in [9.17, 15) is 4.79 Å². The number of carboxylic acid groups (broad SMARTS) is 1. The molecule has 0 unspecified atom stereocenters. The zero-order valence-electron chi connectivity index (χ0n) is 9.02. The van der Waals surface area contributed by atoms with Crippen LogP contribution >= 0.6 is 11.8 Å². The molecule has 0 aliphatic heterocycles. The molecule has 2 rings (SSSR count). The largest absolute Gasteiger partial charge is 0.481 e. The second-order valence-electron chi connectivity index (χ2n) is 3.28. The van der Waals surface area contributed by atoms with Crippen LogP contribution in [0.15, 0.2) is 17.8 Å². The Morgan fingerprint density at radius 2 is 2.18 bits per heavy atom. The molecule has 2 aromatic rings. The summed E-state index contributed by atoms with van der Waals surface area (Å²) in [7, 11) is 1.84. The number of aryl methyl sites for hydroxylation is 1. The third kappa shape index (κ3) is 2.81. The number of aromatic nitrogens is 6. The number of aliphatic carboxylic acids is 1. The van der Waals surface area contributed by atoms with Gasteiger partial charge < -0.3 is 14.2 Å². The van der Waals surface area contributed by atoms with Gasteiger partial charge in [0.2, 0.25) is 0 Å². The number of thioether (sulfide) groups is 1. The summed E-state index contributed by atoms with van der Waals surface area (Å²) in [6.07, 6.45) is 3.14. The lowest BCUT2D eigenvalue weighted by molar-refractivity contribution is -0.133. The highest BCUT2D eigenvalue weighted by atomic mass is 32.2. The van der Waals surface area contributed by atoms with Crippen molar-refractivity contribution < 1.29 is 9.90 Å². The van der Waals surface area contributed by atoms with Crippen LogP contribution in [0.25, 0.3) is 0 Å². The number of hydrogen-bond donors (Lipinski definition) is 1. The van der Waals surface area contributed by atoms with Gasteiger partial charge in [-0.3, -0.25) is 4.79 Å². The minimum atomic E-state index is -0.886. The average molecular weight is 254 g/mol. The highest BCUT2D eigenvalue weighted by Gasteiger charge is 2.10. The van der Waals surface area contributed by atoms with Crippen LogP contribution in [0.2, 0.25) is 0 Å². The fraction of sp³-hybridized carbons (Fsp3) is 0.375. The van der Waals surface area contributed by atoms with Crippen LogP contribution in [0.5, 0.6) is 0 Å². The van der Waals surface area contributed by atoms with Crippen molar-refractivity contribution in [1.82, 2.24) is 29.5 Å². The number of carbonyl (C=O) groups is 1. The van der Waals surface area contributed by atoms with E-state index in [2.05, 4.69) is 20.4 Å². The zero-order chi connectivity index (χ0) is 12.3. The molecule has 2 aromatic heterocycles. The Kier molecular flexibility index (Phi) is 3.38. The van der Waals surface area contributed by atoms with Crippen LogP contribution < -0.4 is 0 Å². The van der Waals surface area contributed by atoms with Crippen molar-refractivity contribution in [2.45, 2.75) is 11.7 Å². The summed E-state index contributed by atoms with van der Waals surface area (Å²) in [5.74, 6) is -0.178. The van der Waals surface area contributed by atoms with Crippen molar-refractivity contribution >= 4 is 17.7 Å². The van der Waals surface area contributed by atoms with Crippen molar-refractivity contribution in [1.29, 1.82) is 0 Å². The van der Waals surface area contributed by atoms with Crippen LogP contribution in [-0.4, -0.2) is 46.4 Å². The third-order valence-corrected chi connectivity index (χ3v) is 2.99. The standard InChI is InChI=1S/C8H10N6O2S/c1-13-4-9-11-6(13)2-14-5-10-12-8(14)17-3-7(15)16/h4-5H,2-3H2,1H3,(H,15,16). The predicted octanol–water partition coefficient (Wildman–Crippen LogP) is -0.368. The molecule has 0 aromatic carbocycles. The molecule has 0 saturated heterocycles. The van der Waals surface area contributed by atoms with Gasteiger partial charge in [-0.25, -0.2) is 0 Å². The molecule has 0 radical (unpaired) electrons. The van der Waals surface area contributed by atoms with Crippen molar-refractivity contribution in [3.05, 3.63) is 18.5 Å². The molecule has 0 atom stereocenters. The van der Waals surface area contributed by atoms with Crippen LogP contribution in [0, 0.1) is 0 Å². The summed E-state index contributed by atoms with van der Waals surface area (Å²) in [6.45, 7) is 0.464. The van der Waals surface area contributed by atoms with E-state index in [0.29, 0.717) is 11.7 Å². The maximum Gasteiger partial charge on any atom is 0.313 e. The summed E-state index contributed by atoms with van der Waals surface area (Å²) in [6, 6.07) is 0. The Hall–Kier alpha value is -1.90. The molecule has 17 heavy (non-hydrogen) atoms. The molecule has 0 spiro atoms. The molecule has 0 saturated carbocycles. The summed E-state index contributed by atoms with van der Waals surface area (Å²) in [5.41, 5.74) is 0. The molecule has 1 N–H and O–H groups in total. The topological polar surface area (TPSA) is 98.7 Å². The molecule has 0 aliphatic rings. The van der Waals surface area contributed by atoms with Crippen LogP contribution in [-0.2, 0) is 18.4 Å².